The molecule has 0 bridgehead atoms. The van der Waals surface area contributed by atoms with Crippen LogP contribution in [0.25, 0.3) is 0 Å². The number of aromatic nitrogens is 2. The van der Waals surface area contributed by atoms with Gasteiger partial charge in [-0.15, -0.1) is 0 Å². The van der Waals surface area contributed by atoms with E-state index in [0.717, 1.165) is 17.7 Å². The third-order valence-electron chi connectivity index (χ3n) is 6.45. The van der Waals surface area contributed by atoms with Crippen molar-refractivity contribution in [1.29, 1.82) is 0 Å². The van der Waals surface area contributed by atoms with Gasteiger partial charge in [-0.05, 0) is 51.3 Å². The Morgan fingerprint density at radius 3 is 2.78 bits per heavy atom. The molecule has 0 radical (unpaired) electrons. The maximum atomic E-state index is 13.7. The number of fused-ring (bicyclic) bond motifs is 1. The third-order valence-corrected chi connectivity index (χ3v) is 6.45. The Balaban J connectivity index is 1.62. The van der Waals surface area contributed by atoms with Gasteiger partial charge in [-0.1, -0.05) is 12.1 Å². The van der Waals surface area contributed by atoms with Gasteiger partial charge in [0.05, 0.1) is 6.54 Å². The summed E-state index contributed by atoms with van der Waals surface area (Å²) < 4.78 is 19.0. The van der Waals surface area contributed by atoms with Gasteiger partial charge in [-0.2, -0.15) is 0 Å². The molecule has 170 valence electrons. The number of ether oxygens (including phenoxy) is 1. The van der Waals surface area contributed by atoms with E-state index < -0.39 is 5.60 Å². The van der Waals surface area contributed by atoms with Gasteiger partial charge < -0.3 is 9.64 Å². The predicted octanol–water partition coefficient (Wildman–Crippen LogP) is 3.14. The lowest BCUT2D eigenvalue weighted by molar-refractivity contribution is -0.149. The molecule has 2 aliphatic rings. The van der Waals surface area contributed by atoms with Crippen LogP contribution in [0.1, 0.15) is 55.3 Å². The molecule has 0 N–H and O–H groups in total. The fraction of sp³-hybridized carbons (Fsp3) is 0.500. The Labute approximate surface area is 187 Å². The van der Waals surface area contributed by atoms with Crippen LogP contribution in [-0.2, 0) is 27.3 Å². The van der Waals surface area contributed by atoms with Crippen molar-refractivity contribution in [3.63, 3.8) is 0 Å². The molecule has 8 heteroatoms. The quantitative estimate of drug-likeness (QED) is 0.714. The van der Waals surface area contributed by atoms with E-state index in [-0.39, 0.29) is 30.1 Å². The minimum Gasteiger partial charge on any atom is -0.369 e. The van der Waals surface area contributed by atoms with E-state index in [1.54, 1.807) is 35.8 Å². The highest BCUT2D eigenvalue weighted by atomic mass is 19.1. The van der Waals surface area contributed by atoms with Crippen LogP contribution < -0.4 is 4.90 Å². The van der Waals surface area contributed by atoms with Crippen LogP contribution in [0.5, 0.6) is 0 Å². The second kappa shape index (κ2) is 8.58. The molecule has 2 aromatic rings. The number of nitrogens with zero attached hydrogens (tertiary/aromatic N) is 4. The highest BCUT2D eigenvalue weighted by Crippen LogP contribution is 2.33. The zero-order valence-corrected chi connectivity index (χ0v) is 19.0. The first-order chi connectivity index (χ1) is 15.2. The Hall–Kier alpha value is -2.87. The van der Waals surface area contributed by atoms with Crippen LogP contribution in [0.4, 0.5) is 10.2 Å². The highest BCUT2D eigenvalue weighted by Gasteiger charge is 2.38. The molecule has 1 fully saturated rings. The van der Waals surface area contributed by atoms with Crippen LogP contribution in [0, 0.1) is 12.7 Å². The van der Waals surface area contributed by atoms with Gasteiger partial charge >= 0.3 is 0 Å². The number of hydrogen-bond donors (Lipinski definition) is 0. The Morgan fingerprint density at radius 1 is 1.28 bits per heavy atom. The van der Waals surface area contributed by atoms with E-state index in [9.17, 15) is 14.0 Å². The number of carbonyl (C=O) groups is 2. The largest absolute Gasteiger partial charge is 0.369 e. The lowest BCUT2D eigenvalue weighted by Gasteiger charge is -2.30. The van der Waals surface area contributed by atoms with Crippen molar-refractivity contribution in [3.05, 3.63) is 52.7 Å². The zero-order valence-electron chi connectivity index (χ0n) is 19.0. The smallest absolute Gasteiger partial charge is 0.254 e. The molecule has 1 atom stereocenters. The summed E-state index contributed by atoms with van der Waals surface area (Å²) in [7, 11) is 1.53. The maximum Gasteiger partial charge on any atom is 0.254 e. The van der Waals surface area contributed by atoms with Crippen LogP contribution in [0.3, 0.4) is 0 Å². The van der Waals surface area contributed by atoms with E-state index >= 15 is 0 Å². The van der Waals surface area contributed by atoms with E-state index in [2.05, 4.69) is 0 Å². The Kier molecular flexibility index (Phi) is 5.99. The van der Waals surface area contributed by atoms with Crippen molar-refractivity contribution in [3.8, 4) is 0 Å². The summed E-state index contributed by atoms with van der Waals surface area (Å²) in [5.74, 6) is 0.821. The summed E-state index contributed by atoms with van der Waals surface area (Å²) >= 11 is 0. The van der Waals surface area contributed by atoms with Gasteiger partial charge in [0.25, 0.3) is 5.91 Å². The van der Waals surface area contributed by atoms with E-state index in [1.807, 2.05) is 6.92 Å². The number of halogens is 1. The second-order valence-corrected chi connectivity index (χ2v) is 9.03. The fourth-order valence-electron chi connectivity index (χ4n) is 4.39. The molecule has 0 saturated carbocycles. The number of anilines is 1. The molecule has 2 amide bonds. The number of amides is 2. The number of methoxy groups -OCH3 is 1. The van der Waals surface area contributed by atoms with Crippen molar-refractivity contribution in [2.24, 2.45) is 0 Å². The molecule has 3 heterocycles. The molecule has 0 spiro atoms. The minimum atomic E-state index is -0.879. The standard InChI is InChI=1S/C24H29FN4O3/c1-15-19-8-9-20(30)29(13-16-6-5-7-18(25)12-16)22(19)27-21(26-15)17-10-11-28(14-17)23(31)24(2,3)32-4/h5-7,12,17H,8-11,13-14H2,1-4H3/t17-/m1/s1. The van der Waals surface area contributed by atoms with Crippen LogP contribution >= 0.6 is 0 Å². The molecule has 1 aromatic carbocycles. The minimum absolute atomic E-state index is 0.0105. The average Bonchev–Trinajstić information content (AvgIpc) is 3.25. The molecule has 4 rings (SSSR count). The van der Waals surface area contributed by atoms with E-state index in [4.69, 9.17) is 14.7 Å². The summed E-state index contributed by atoms with van der Waals surface area (Å²) in [6, 6.07) is 6.27. The number of hydrogen-bond acceptors (Lipinski definition) is 5. The molecule has 0 unspecified atom stereocenters. The SMILES string of the molecule is COC(C)(C)C(=O)N1CC[C@@H](c2nc(C)c3c(n2)N(Cc2cccc(F)c2)C(=O)CC3)C1. The molecule has 1 aromatic heterocycles. The predicted molar refractivity (Wildman–Crippen MR) is 118 cm³/mol. The van der Waals surface area contributed by atoms with Gasteiger partial charge in [0.2, 0.25) is 5.91 Å². The third kappa shape index (κ3) is 4.24. The average molecular weight is 441 g/mol. The van der Waals surface area contributed by atoms with Gasteiger partial charge in [0, 0.05) is 43.8 Å². The maximum absolute atomic E-state index is 13.7. The molecule has 7 nitrogen and oxygen atoms in total. The summed E-state index contributed by atoms with van der Waals surface area (Å²) in [6.07, 6.45) is 1.72. The summed E-state index contributed by atoms with van der Waals surface area (Å²) in [5, 5.41) is 0. The Bertz CT molecular complexity index is 1060. The first kappa shape index (κ1) is 22.3. The van der Waals surface area contributed by atoms with Crippen molar-refractivity contribution >= 4 is 17.6 Å². The van der Waals surface area contributed by atoms with Gasteiger partial charge in [0.15, 0.2) is 0 Å². The topological polar surface area (TPSA) is 75.6 Å². The van der Waals surface area contributed by atoms with E-state index in [0.29, 0.717) is 43.1 Å². The summed E-state index contributed by atoms with van der Waals surface area (Å²) in [6.45, 7) is 6.85. The lowest BCUT2D eigenvalue weighted by atomic mass is 10.0. The van der Waals surface area contributed by atoms with Gasteiger partial charge in [-0.3, -0.25) is 14.5 Å². The molecule has 1 saturated heterocycles. The van der Waals surface area contributed by atoms with E-state index in [1.165, 1.54) is 19.2 Å². The number of likely N-dealkylation sites (tertiary alicyclic amines) is 1. The number of benzene rings is 1. The molecular weight excluding hydrogens is 411 g/mol. The number of carbonyl (C=O) groups excluding carboxylic acids is 2. The summed E-state index contributed by atoms with van der Waals surface area (Å²) in [4.78, 5) is 38.5. The van der Waals surface area contributed by atoms with Gasteiger partial charge in [-0.25, -0.2) is 14.4 Å². The first-order valence-corrected chi connectivity index (χ1v) is 11.0. The second-order valence-electron chi connectivity index (χ2n) is 9.03. The molecule has 32 heavy (non-hydrogen) atoms. The summed E-state index contributed by atoms with van der Waals surface area (Å²) in [5.41, 5.74) is 1.64. The normalized spacial score (nSPS) is 18.8. The fourth-order valence-corrected chi connectivity index (χ4v) is 4.39. The van der Waals surface area contributed by atoms with Crippen LogP contribution in [0.2, 0.25) is 0 Å². The highest BCUT2D eigenvalue weighted by molar-refractivity contribution is 5.95. The van der Waals surface area contributed by atoms with Crippen molar-refractivity contribution in [2.75, 3.05) is 25.1 Å². The first-order valence-electron chi connectivity index (χ1n) is 11.0. The Morgan fingerprint density at radius 2 is 2.06 bits per heavy atom. The molecule has 2 aliphatic heterocycles. The number of rotatable bonds is 5. The lowest BCUT2D eigenvalue weighted by Crippen LogP contribution is -2.45. The van der Waals surface area contributed by atoms with Crippen LogP contribution in [0.15, 0.2) is 24.3 Å². The molecule has 0 aliphatic carbocycles. The molecular formula is C24H29FN4O3. The van der Waals surface area contributed by atoms with Crippen LogP contribution in [-0.4, -0.2) is 52.5 Å². The van der Waals surface area contributed by atoms with Crippen molar-refractivity contribution in [2.45, 2.75) is 58.1 Å². The van der Waals surface area contributed by atoms with Gasteiger partial charge in [0.1, 0.15) is 23.1 Å². The van der Waals surface area contributed by atoms with Crippen molar-refractivity contribution < 1.29 is 18.7 Å². The number of aryl methyl sites for hydroxylation is 1. The zero-order chi connectivity index (χ0) is 23.0. The van der Waals surface area contributed by atoms with Crippen molar-refractivity contribution in [1.82, 2.24) is 14.9 Å². The monoisotopic (exact) mass is 440 g/mol.